The number of thioether (sulfide) groups is 1. The van der Waals surface area contributed by atoms with Crippen molar-refractivity contribution < 1.29 is 4.79 Å². The van der Waals surface area contributed by atoms with Gasteiger partial charge in [-0.05, 0) is 55.5 Å². The zero-order valence-corrected chi connectivity index (χ0v) is 21.6. The van der Waals surface area contributed by atoms with Crippen LogP contribution in [0.3, 0.4) is 0 Å². The molecule has 0 saturated heterocycles. The van der Waals surface area contributed by atoms with Crippen molar-refractivity contribution in [1.82, 2.24) is 9.88 Å². The fourth-order valence-corrected chi connectivity index (χ4v) is 7.28. The number of carbonyl (C=O) groups excluding carboxylic acids is 1. The van der Waals surface area contributed by atoms with Crippen molar-refractivity contribution in [3.63, 3.8) is 0 Å². The number of thiazole rings is 1. The SMILES string of the molecule is CN1CCc2c(sc(NC(=O)CCCSc3ccccc3)c2-c2nc3ccccc3s2)C1.Cl. The molecule has 0 bridgehead atoms. The van der Waals surface area contributed by atoms with Crippen molar-refractivity contribution >= 4 is 68.0 Å². The van der Waals surface area contributed by atoms with Crippen LogP contribution in [0.5, 0.6) is 0 Å². The first-order valence-electron chi connectivity index (χ1n) is 10.8. The second-order valence-electron chi connectivity index (χ2n) is 8.00. The Morgan fingerprint density at radius 2 is 1.91 bits per heavy atom. The molecule has 0 saturated carbocycles. The highest BCUT2D eigenvalue weighted by Crippen LogP contribution is 2.45. The number of likely N-dealkylation sites (N-methyl/N-ethyl adjacent to an activating group) is 1. The van der Waals surface area contributed by atoms with Gasteiger partial charge in [0.15, 0.2) is 0 Å². The third kappa shape index (κ3) is 5.61. The monoisotopic (exact) mass is 515 g/mol. The number of rotatable bonds is 7. The van der Waals surface area contributed by atoms with Gasteiger partial charge in [-0.25, -0.2) is 4.98 Å². The number of anilines is 1. The molecule has 0 aliphatic carbocycles. The predicted octanol–water partition coefficient (Wildman–Crippen LogP) is 6.95. The second-order valence-corrected chi connectivity index (χ2v) is 11.3. The number of hydrogen-bond acceptors (Lipinski definition) is 6. The molecule has 1 aliphatic rings. The molecule has 2 aromatic heterocycles. The van der Waals surface area contributed by atoms with Gasteiger partial charge in [-0.15, -0.1) is 46.8 Å². The van der Waals surface area contributed by atoms with E-state index in [0.717, 1.165) is 52.8 Å². The van der Waals surface area contributed by atoms with Crippen LogP contribution in [0.4, 0.5) is 5.00 Å². The van der Waals surface area contributed by atoms with Crippen molar-refractivity contribution in [2.75, 3.05) is 24.7 Å². The summed E-state index contributed by atoms with van der Waals surface area (Å²) in [6.45, 7) is 1.97. The Hall–Kier alpha value is -1.90. The van der Waals surface area contributed by atoms with E-state index in [9.17, 15) is 4.79 Å². The van der Waals surface area contributed by atoms with Crippen LogP contribution in [-0.2, 0) is 17.8 Å². The Balaban J connectivity index is 0.00000259. The van der Waals surface area contributed by atoms with E-state index >= 15 is 0 Å². The largest absolute Gasteiger partial charge is 0.317 e. The van der Waals surface area contributed by atoms with E-state index in [0.29, 0.717) is 6.42 Å². The molecule has 4 nitrogen and oxygen atoms in total. The van der Waals surface area contributed by atoms with Gasteiger partial charge in [0.2, 0.25) is 5.91 Å². The Bertz CT molecular complexity index is 1210. The standard InChI is InChI=1S/C25H25N3OS3.ClH/c1-28-14-13-18-21(16-28)32-25(23(18)24-26-19-10-5-6-11-20(19)31-24)27-22(29)12-7-15-30-17-8-3-2-4-9-17;/h2-6,8-11H,7,12-16H2,1H3,(H,27,29);1H. The molecule has 0 radical (unpaired) electrons. The highest BCUT2D eigenvalue weighted by molar-refractivity contribution is 7.99. The second kappa shape index (κ2) is 11.0. The summed E-state index contributed by atoms with van der Waals surface area (Å²) >= 11 is 5.24. The van der Waals surface area contributed by atoms with Gasteiger partial charge < -0.3 is 10.2 Å². The third-order valence-corrected chi connectivity index (χ3v) is 8.85. The summed E-state index contributed by atoms with van der Waals surface area (Å²) < 4.78 is 1.19. The van der Waals surface area contributed by atoms with Gasteiger partial charge in [-0.1, -0.05) is 30.3 Å². The van der Waals surface area contributed by atoms with Crippen LogP contribution in [0.2, 0.25) is 0 Å². The summed E-state index contributed by atoms with van der Waals surface area (Å²) in [6, 6.07) is 18.6. The number of nitrogens with one attached hydrogen (secondary N) is 1. The van der Waals surface area contributed by atoms with Gasteiger partial charge in [0.05, 0.1) is 10.2 Å². The van der Waals surface area contributed by atoms with E-state index in [1.807, 2.05) is 12.1 Å². The van der Waals surface area contributed by atoms with Crippen LogP contribution < -0.4 is 5.32 Å². The number of amides is 1. The van der Waals surface area contributed by atoms with Crippen LogP contribution in [-0.4, -0.2) is 35.1 Å². The Kier molecular flexibility index (Phi) is 8.09. The minimum Gasteiger partial charge on any atom is -0.317 e. The summed E-state index contributed by atoms with van der Waals surface area (Å²) in [5.41, 5.74) is 3.53. The van der Waals surface area contributed by atoms with Crippen molar-refractivity contribution in [2.45, 2.75) is 30.7 Å². The van der Waals surface area contributed by atoms with Gasteiger partial charge >= 0.3 is 0 Å². The highest BCUT2D eigenvalue weighted by Gasteiger charge is 2.26. The first-order valence-corrected chi connectivity index (χ1v) is 13.5. The molecule has 0 fully saturated rings. The first kappa shape index (κ1) is 24.2. The lowest BCUT2D eigenvalue weighted by atomic mass is 10.0. The van der Waals surface area contributed by atoms with Crippen LogP contribution in [0.15, 0.2) is 59.5 Å². The van der Waals surface area contributed by atoms with Gasteiger partial charge in [-0.2, -0.15) is 0 Å². The smallest absolute Gasteiger partial charge is 0.225 e. The molecule has 0 unspecified atom stereocenters. The molecule has 4 aromatic rings. The van der Waals surface area contributed by atoms with Crippen molar-refractivity contribution in [1.29, 1.82) is 0 Å². The maximum atomic E-state index is 12.8. The number of benzene rings is 2. The molecule has 2 aromatic carbocycles. The Morgan fingerprint density at radius 3 is 2.73 bits per heavy atom. The predicted molar refractivity (Wildman–Crippen MR) is 145 cm³/mol. The number of hydrogen-bond donors (Lipinski definition) is 1. The molecule has 1 aliphatic heterocycles. The van der Waals surface area contributed by atoms with Crippen LogP contribution in [0.25, 0.3) is 20.8 Å². The molecular formula is C25H26ClN3OS3. The van der Waals surface area contributed by atoms with Gasteiger partial charge in [0.25, 0.3) is 0 Å². The van der Waals surface area contributed by atoms with E-state index < -0.39 is 0 Å². The lowest BCUT2D eigenvalue weighted by Crippen LogP contribution is -2.25. The summed E-state index contributed by atoms with van der Waals surface area (Å²) in [7, 11) is 2.16. The number of aromatic nitrogens is 1. The number of thiophene rings is 1. The molecule has 3 heterocycles. The maximum absolute atomic E-state index is 12.8. The molecule has 5 rings (SSSR count). The van der Waals surface area contributed by atoms with Crippen LogP contribution in [0, 0.1) is 0 Å². The number of nitrogens with zero attached hydrogens (tertiary/aromatic N) is 2. The molecule has 33 heavy (non-hydrogen) atoms. The average molecular weight is 516 g/mol. The topological polar surface area (TPSA) is 45.2 Å². The molecule has 1 amide bonds. The minimum atomic E-state index is 0. The highest BCUT2D eigenvalue weighted by atomic mass is 35.5. The minimum absolute atomic E-state index is 0. The number of para-hydroxylation sites is 1. The van der Waals surface area contributed by atoms with Gasteiger partial charge in [-0.3, -0.25) is 4.79 Å². The van der Waals surface area contributed by atoms with E-state index in [1.54, 1.807) is 34.4 Å². The van der Waals surface area contributed by atoms with Crippen molar-refractivity contribution in [3.05, 3.63) is 65.0 Å². The number of carbonyl (C=O) groups is 1. The van der Waals surface area contributed by atoms with Gasteiger partial charge in [0, 0.05) is 34.8 Å². The summed E-state index contributed by atoms with van der Waals surface area (Å²) in [6.07, 6.45) is 2.38. The van der Waals surface area contributed by atoms with E-state index in [2.05, 4.69) is 59.7 Å². The molecule has 0 spiro atoms. The van der Waals surface area contributed by atoms with E-state index in [1.165, 1.54) is 20.0 Å². The Labute approximate surface area is 212 Å². The van der Waals surface area contributed by atoms with Crippen molar-refractivity contribution in [2.24, 2.45) is 0 Å². The lowest BCUT2D eigenvalue weighted by molar-refractivity contribution is -0.116. The molecule has 0 atom stereocenters. The molecule has 1 N–H and O–H groups in total. The quantitative estimate of drug-likeness (QED) is 0.214. The van der Waals surface area contributed by atoms with Crippen LogP contribution in [0.1, 0.15) is 23.3 Å². The summed E-state index contributed by atoms with van der Waals surface area (Å²) in [5.74, 6) is 1.03. The first-order chi connectivity index (χ1) is 15.7. The average Bonchev–Trinajstić information content (AvgIpc) is 3.37. The summed E-state index contributed by atoms with van der Waals surface area (Å²) in [5, 5.41) is 5.22. The number of fused-ring (bicyclic) bond motifs is 2. The lowest BCUT2D eigenvalue weighted by Gasteiger charge is -2.22. The van der Waals surface area contributed by atoms with Gasteiger partial charge in [0.1, 0.15) is 10.0 Å². The summed E-state index contributed by atoms with van der Waals surface area (Å²) in [4.78, 5) is 22.7. The molecule has 172 valence electrons. The van der Waals surface area contributed by atoms with E-state index in [4.69, 9.17) is 4.98 Å². The molecule has 8 heteroatoms. The fourth-order valence-electron chi connectivity index (χ4n) is 3.95. The fraction of sp³-hybridized carbons (Fsp3) is 0.280. The molecular weight excluding hydrogens is 490 g/mol. The zero-order valence-electron chi connectivity index (χ0n) is 18.4. The van der Waals surface area contributed by atoms with Crippen molar-refractivity contribution in [3.8, 4) is 10.6 Å². The van der Waals surface area contributed by atoms with Crippen LogP contribution >= 0.6 is 46.8 Å². The zero-order chi connectivity index (χ0) is 21.9. The third-order valence-electron chi connectivity index (χ3n) is 5.57. The number of halogens is 1. The van der Waals surface area contributed by atoms with E-state index in [-0.39, 0.29) is 18.3 Å². The Morgan fingerprint density at radius 1 is 1.12 bits per heavy atom. The maximum Gasteiger partial charge on any atom is 0.225 e. The normalized spacial score (nSPS) is 13.5.